The van der Waals surface area contributed by atoms with Crippen molar-refractivity contribution >= 4 is 32.8 Å². The van der Waals surface area contributed by atoms with Gasteiger partial charge in [0.1, 0.15) is 21.8 Å². The highest BCUT2D eigenvalue weighted by Crippen LogP contribution is 2.28. The van der Waals surface area contributed by atoms with E-state index >= 15 is 0 Å². The van der Waals surface area contributed by atoms with Gasteiger partial charge in [0, 0.05) is 37.0 Å². The smallest absolute Gasteiger partial charge is 0.241 e. The molecular formula is C14H13N5O2S2. The number of fused-ring (bicyclic) bond motifs is 2. The largest absolute Gasteiger partial charge is 0.245 e. The monoisotopic (exact) mass is 347 g/mol. The van der Waals surface area contributed by atoms with E-state index in [1.165, 1.54) is 4.31 Å². The van der Waals surface area contributed by atoms with Gasteiger partial charge in [-0.05, 0) is 19.1 Å². The molecule has 0 unspecified atom stereocenters. The molecule has 0 radical (unpaired) electrons. The van der Waals surface area contributed by atoms with Crippen LogP contribution in [0.5, 0.6) is 0 Å². The van der Waals surface area contributed by atoms with Gasteiger partial charge in [0.2, 0.25) is 10.0 Å². The van der Waals surface area contributed by atoms with Crippen LogP contribution in [0.25, 0.3) is 11.0 Å². The first-order chi connectivity index (χ1) is 11.1. The molecule has 0 bridgehead atoms. The molecular weight excluding hydrogens is 334 g/mol. The Balaban J connectivity index is 1.75. The molecule has 0 N–H and O–H groups in total. The predicted octanol–water partition coefficient (Wildman–Crippen LogP) is 1.54. The van der Waals surface area contributed by atoms with Gasteiger partial charge >= 0.3 is 0 Å². The van der Waals surface area contributed by atoms with Gasteiger partial charge < -0.3 is 0 Å². The van der Waals surface area contributed by atoms with Crippen molar-refractivity contribution < 1.29 is 8.42 Å². The molecule has 4 rings (SSSR count). The van der Waals surface area contributed by atoms with Crippen molar-refractivity contribution in [3.05, 3.63) is 41.5 Å². The summed E-state index contributed by atoms with van der Waals surface area (Å²) in [6, 6.07) is 5.04. The van der Waals surface area contributed by atoms with E-state index in [0.717, 1.165) is 23.0 Å². The molecule has 0 spiro atoms. The number of rotatable bonds is 2. The van der Waals surface area contributed by atoms with E-state index in [0.29, 0.717) is 29.8 Å². The van der Waals surface area contributed by atoms with Gasteiger partial charge in [0.05, 0.1) is 11.7 Å². The SMILES string of the molecule is Cc1ncc2c(n1)CCN(S(=O)(=O)c1cccc3nsnc13)C2. The number of hydrogen-bond donors (Lipinski definition) is 0. The van der Waals surface area contributed by atoms with Gasteiger partial charge in [-0.2, -0.15) is 13.1 Å². The number of sulfonamides is 1. The molecule has 9 heteroatoms. The lowest BCUT2D eigenvalue weighted by molar-refractivity contribution is 0.386. The van der Waals surface area contributed by atoms with E-state index in [9.17, 15) is 8.42 Å². The molecule has 0 aliphatic carbocycles. The first-order valence-electron chi connectivity index (χ1n) is 7.08. The summed E-state index contributed by atoms with van der Waals surface area (Å²) in [5.74, 6) is 0.707. The second kappa shape index (κ2) is 5.29. The first-order valence-corrected chi connectivity index (χ1v) is 9.25. The van der Waals surface area contributed by atoms with Crippen molar-refractivity contribution in [3.8, 4) is 0 Å². The van der Waals surface area contributed by atoms with Crippen LogP contribution in [0.4, 0.5) is 0 Å². The Morgan fingerprint density at radius 1 is 1.26 bits per heavy atom. The lowest BCUT2D eigenvalue weighted by atomic mass is 10.1. The van der Waals surface area contributed by atoms with E-state index in [1.807, 2.05) is 6.92 Å². The molecule has 7 nitrogen and oxygen atoms in total. The zero-order valence-electron chi connectivity index (χ0n) is 12.3. The Kier molecular flexibility index (Phi) is 3.36. The van der Waals surface area contributed by atoms with Crippen molar-refractivity contribution in [1.29, 1.82) is 0 Å². The molecule has 23 heavy (non-hydrogen) atoms. The first kappa shape index (κ1) is 14.6. The summed E-state index contributed by atoms with van der Waals surface area (Å²) in [4.78, 5) is 8.77. The Bertz CT molecular complexity index is 999. The van der Waals surface area contributed by atoms with Crippen molar-refractivity contribution in [2.45, 2.75) is 24.8 Å². The summed E-state index contributed by atoms with van der Waals surface area (Å²) in [6.45, 7) is 2.52. The van der Waals surface area contributed by atoms with Crippen LogP contribution in [0.2, 0.25) is 0 Å². The summed E-state index contributed by atoms with van der Waals surface area (Å²) in [6.07, 6.45) is 2.30. The summed E-state index contributed by atoms with van der Waals surface area (Å²) in [5, 5.41) is 0. The van der Waals surface area contributed by atoms with Crippen LogP contribution in [-0.4, -0.2) is 38.0 Å². The molecule has 0 saturated carbocycles. The average Bonchev–Trinajstić information content (AvgIpc) is 3.02. The van der Waals surface area contributed by atoms with Gasteiger partial charge in [-0.15, -0.1) is 0 Å². The third-order valence-electron chi connectivity index (χ3n) is 3.89. The highest BCUT2D eigenvalue weighted by Gasteiger charge is 2.31. The van der Waals surface area contributed by atoms with E-state index in [-0.39, 0.29) is 11.4 Å². The third-order valence-corrected chi connectivity index (χ3v) is 6.31. The fraction of sp³-hybridized carbons (Fsp3) is 0.286. The molecule has 0 atom stereocenters. The van der Waals surface area contributed by atoms with E-state index in [1.54, 1.807) is 24.4 Å². The topological polar surface area (TPSA) is 88.9 Å². The summed E-state index contributed by atoms with van der Waals surface area (Å²) in [7, 11) is -3.63. The number of hydrogen-bond acceptors (Lipinski definition) is 7. The second-order valence-electron chi connectivity index (χ2n) is 5.37. The van der Waals surface area contributed by atoms with Gasteiger partial charge in [-0.3, -0.25) is 0 Å². The Morgan fingerprint density at radius 3 is 3.00 bits per heavy atom. The standard InChI is InChI=1S/C14H13N5O2S2/c1-9-15-7-10-8-19(6-5-11(10)16-9)23(20,21)13-4-2-3-12-14(13)18-22-17-12/h2-4,7H,5-6,8H2,1H3. The number of benzene rings is 1. The van der Waals surface area contributed by atoms with Gasteiger partial charge in [-0.1, -0.05) is 6.07 Å². The van der Waals surface area contributed by atoms with Crippen LogP contribution >= 0.6 is 11.7 Å². The van der Waals surface area contributed by atoms with E-state index in [4.69, 9.17) is 0 Å². The van der Waals surface area contributed by atoms with Crippen LogP contribution in [0.3, 0.4) is 0 Å². The third kappa shape index (κ3) is 2.41. The van der Waals surface area contributed by atoms with Crippen molar-refractivity contribution in [3.63, 3.8) is 0 Å². The van der Waals surface area contributed by atoms with Crippen LogP contribution < -0.4 is 0 Å². The minimum atomic E-state index is -3.63. The fourth-order valence-electron chi connectivity index (χ4n) is 2.72. The Labute approximate surface area is 137 Å². The summed E-state index contributed by atoms with van der Waals surface area (Å²) >= 11 is 1.02. The van der Waals surface area contributed by atoms with Crippen LogP contribution in [0.1, 0.15) is 17.1 Å². The minimum Gasteiger partial charge on any atom is -0.241 e. The van der Waals surface area contributed by atoms with Gasteiger partial charge in [-0.25, -0.2) is 18.4 Å². The van der Waals surface area contributed by atoms with E-state index < -0.39 is 10.0 Å². The number of nitrogens with zero attached hydrogens (tertiary/aromatic N) is 5. The van der Waals surface area contributed by atoms with E-state index in [2.05, 4.69) is 18.7 Å². The van der Waals surface area contributed by atoms with Crippen LogP contribution in [0.15, 0.2) is 29.3 Å². The Morgan fingerprint density at radius 2 is 2.13 bits per heavy atom. The van der Waals surface area contributed by atoms with Crippen molar-refractivity contribution in [2.24, 2.45) is 0 Å². The molecule has 1 aromatic carbocycles. The molecule has 3 aromatic rings. The molecule has 2 aromatic heterocycles. The lowest BCUT2D eigenvalue weighted by Gasteiger charge is -2.27. The molecule has 0 fully saturated rings. The summed E-state index contributed by atoms with van der Waals surface area (Å²) in [5.41, 5.74) is 2.82. The molecule has 0 saturated heterocycles. The lowest BCUT2D eigenvalue weighted by Crippen LogP contribution is -2.36. The summed E-state index contributed by atoms with van der Waals surface area (Å²) < 4.78 is 35.7. The van der Waals surface area contributed by atoms with Crippen molar-refractivity contribution in [2.75, 3.05) is 6.54 Å². The van der Waals surface area contributed by atoms with Crippen LogP contribution in [0, 0.1) is 6.92 Å². The number of aryl methyl sites for hydroxylation is 1. The zero-order chi connectivity index (χ0) is 16.0. The quantitative estimate of drug-likeness (QED) is 0.698. The Hall–Kier alpha value is -1.97. The maximum Gasteiger partial charge on any atom is 0.245 e. The molecule has 3 heterocycles. The van der Waals surface area contributed by atoms with Gasteiger partial charge in [0.15, 0.2) is 0 Å². The minimum absolute atomic E-state index is 0.209. The fourth-order valence-corrected chi connectivity index (χ4v) is 4.90. The normalized spacial score (nSPS) is 15.7. The second-order valence-corrected chi connectivity index (χ2v) is 7.80. The molecule has 1 aliphatic rings. The van der Waals surface area contributed by atoms with Crippen LogP contribution in [-0.2, 0) is 23.0 Å². The van der Waals surface area contributed by atoms with Gasteiger partial charge in [0.25, 0.3) is 0 Å². The van der Waals surface area contributed by atoms with Crippen molar-refractivity contribution in [1.82, 2.24) is 23.0 Å². The maximum atomic E-state index is 13.0. The highest BCUT2D eigenvalue weighted by atomic mass is 32.2. The zero-order valence-corrected chi connectivity index (χ0v) is 13.9. The highest BCUT2D eigenvalue weighted by molar-refractivity contribution is 7.89. The molecule has 118 valence electrons. The number of aromatic nitrogens is 4. The average molecular weight is 347 g/mol. The molecule has 0 amide bonds. The predicted molar refractivity (Wildman–Crippen MR) is 85.5 cm³/mol. The molecule has 1 aliphatic heterocycles. The maximum absolute atomic E-state index is 13.0.